The van der Waals surface area contributed by atoms with Crippen LogP contribution in [0.15, 0.2) is 30.3 Å². The minimum Gasteiger partial charge on any atom is -0.454 e. The van der Waals surface area contributed by atoms with Gasteiger partial charge in [0, 0.05) is 18.2 Å². The minimum atomic E-state index is 0.344. The molecule has 118 valence electrons. The zero-order valence-electron chi connectivity index (χ0n) is 13.5. The number of ether oxygens (including phenoxy) is 2. The molecule has 0 N–H and O–H groups in total. The molecule has 3 heteroatoms. The quantitative estimate of drug-likeness (QED) is 0.838. The van der Waals surface area contributed by atoms with E-state index in [-0.39, 0.29) is 0 Å². The average Bonchev–Trinajstić information content (AvgIpc) is 3.05. The van der Waals surface area contributed by atoms with Crippen LogP contribution in [0.1, 0.15) is 36.1 Å². The first-order valence-electron chi connectivity index (χ1n) is 8.64. The third kappa shape index (κ3) is 1.86. The summed E-state index contributed by atoms with van der Waals surface area (Å²) in [6.45, 7) is 4.93. The highest BCUT2D eigenvalue weighted by Gasteiger charge is 2.38. The van der Waals surface area contributed by atoms with Crippen LogP contribution in [0.2, 0.25) is 0 Å². The van der Waals surface area contributed by atoms with E-state index in [1.807, 2.05) is 0 Å². The summed E-state index contributed by atoms with van der Waals surface area (Å²) < 4.78 is 11.6. The Kier molecular flexibility index (Phi) is 2.92. The SMILES string of the molecule is CCCN1CCc2cc3c(c4c2C1Cc1ccccc1-4)OCO3. The van der Waals surface area contributed by atoms with E-state index in [4.69, 9.17) is 9.47 Å². The topological polar surface area (TPSA) is 21.7 Å². The minimum absolute atomic E-state index is 0.344. The molecule has 0 fully saturated rings. The number of hydrogen-bond acceptors (Lipinski definition) is 3. The fourth-order valence-corrected chi connectivity index (χ4v) is 4.50. The first kappa shape index (κ1) is 13.4. The molecule has 5 rings (SSSR count). The molecule has 2 heterocycles. The fraction of sp³-hybridized carbons (Fsp3) is 0.400. The van der Waals surface area contributed by atoms with Crippen molar-refractivity contribution in [1.29, 1.82) is 0 Å². The second-order valence-electron chi connectivity index (χ2n) is 6.72. The predicted molar refractivity (Wildman–Crippen MR) is 90.0 cm³/mol. The lowest BCUT2D eigenvalue weighted by atomic mass is 9.76. The Bertz CT molecular complexity index is 783. The van der Waals surface area contributed by atoms with Gasteiger partial charge in [0.15, 0.2) is 11.5 Å². The smallest absolute Gasteiger partial charge is 0.231 e. The fourth-order valence-electron chi connectivity index (χ4n) is 4.50. The van der Waals surface area contributed by atoms with Gasteiger partial charge in [0.05, 0.1) is 0 Å². The number of benzene rings is 2. The van der Waals surface area contributed by atoms with Gasteiger partial charge in [0.25, 0.3) is 0 Å². The standard InChI is InChI=1S/C20H21NO2/c1-2-8-21-9-7-14-11-17-20(23-12-22-17)19-15-6-4-3-5-13(15)10-16(21)18(14)19/h3-6,11,16H,2,7-10,12H2,1H3. The predicted octanol–water partition coefficient (Wildman–Crippen LogP) is 3.95. The Morgan fingerprint density at radius 1 is 1.17 bits per heavy atom. The number of fused-ring (bicyclic) bond motifs is 4. The molecule has 0 amide bonds. The maximum Gasteiger partial charge on any atom is 0.231 e. The van der Waals surface area contributed by atoms with Crippen LogP contribution in [0.5, 0.6) is 11.5 Å². The molecule has 0 radical (unpaired) electrons. The van der Waals surface area contributed by atoms with Crippen molar-refractivity contribution in [2.75, 3.05) is 19.9 Å². The van der Waals surface area contributed by atoms with Crippen molar-refractivity contribution in [1.82, 2.24) is 4.90 Å². The van der Waals surface area contributed by atoms with Crippen molar-refractivity contribution in [2.24, 2.45) is 0 Å². The van der Waals surface area contributed by atoms with Crippen LogP contribution >= 0.6 is 0 Å². The van der Waals surface area contributed by atoms with Gasteiger partial charge >= 0.3 is 0 Å². The molecule has 2 aromatic carbocycles. The normalized spacial score (nSPS) is 21.0. The molecule has 0 saturated carbocycles. The highest BCUT2D eigenvalue weighted by Crippen LogP contribution is 2.53. The van der Waals surface area contributed by atoms with Gasteiger partial charge in [0.2, 0.25) is 6.79 Å². The van der Waals surface area contributed by atoms with Gasteiger partial charge in [-0.3, -0.25) is 4.90 Å². The molecular formula is C20H21NO2. The van der Waals surface area contributed by atoms with Crippen LogP contribution in [-0.4, -0.2) is 24.8 Å². The van der Waals surface area contributed by atoms with E-state index in [0.29, 0.717) is 12.8 Å². The average molecular weight is 307 g/mol. The van der Waals surface area contributed by atoms with Crippen molar-refractivity contribution in [2.45, 2.75) is 32.2 Å². The summed E-state index contributed by atoms with van der Waals surface area (Å²) in [7, 11) is 0. The third-order valence-corrected chi connectivity index (χ3v) is 5.44. The van der Waals surface area contributed by atoms with E-state index in [1.165, 1.54) is 40.8 Å². The zero-order chi connectivity index (χ0) is 15.4. The Balaban J connectivity index is 1.79. The summed E-state index contributed by atoms with van der Waals surface area (Å²) in [5, 5.41) is 0. The van der Waals surface area contributed by atoms with E-state index in [9.17, 15) is 0 Å². The lowest BCUT2D eigenvalue weighted by molar-refractivity contribution is 0.173. The molecule has 23 heavy (non-hydrogen) atoms. The monoisotopic (exact) mass is 307 g/mol. The lowest BCUT2D eigenvalue weighted by Gasteiger charge is -2.41. The second kappa shape index (κ2) is 5.00. The van der Waals surface area contributed by atoms with Crippen molar-refractivity contribution in [3.05, 3.63) is 47.0 Å². The van der Waals surface area contributed by atoms with Crippen LogP contribution in [-0.2, 0) is 12.8 Å². The molecule has 0 bridgehead atoms. The molecule has 1 atom stereocenters. The molecule has 0 aromatic heterocycles. The third-order valence-electron chi connectivity index (χ3n) is 5.44. The molecule has 0 saturated heterocycles. The van der Waals surface area contributed by atoms with Crippen LogP contribution in [0, 0.1) is 0 Å². The molecule has 1 unspecified atom stereocenters. The number of nitrogens with zero attached hydrogens (tertiary/aromatic N) is 1. The van der Waals surface area contributed by atoms with Gasteiger partial charge in [-0.15, -0.1) is 0 Å². The van der Waals surface area contributed by atoms with Gasteiger partial charge in [-0.2, -0.15) is 0 Å². The highest BCUT2D eigenvalue weighted by atomic mass is 16.7. The summed E-state index contributed by atoms with van der Waals surface area (Å²) >= 11 is 0. The lowest BCUT2D eigenvalue weighted by Crippen LogP contribution is -2.38. The summed E-state index contributed by atoms with van der Waals surface area (Å²) in [6.07, 6.45) is 3.42. The maximum absolute atomic E-state index is 5.88. The largest absolute Gasteiger partial charge is 0.454 e. The van der Waals surface area contributed by atoms with E-state index < -0.39 is 0 Å². The summed E-state index contributed by atoms with van der Waals surface area (Å²) in [5.41, 5.74) is 7.01. The van der Waals surface area contributed by atoms with E-state index in [1.54, 1.807) is 0 Å². The van der Waals surface area contributed by atoms with Crippen molar-refractivity contribution in [3.8, 4) is 22.6 Å². The first-order chi connectivity index (χ1) is 11.4. The molecule has 2 aromatic rings. The van der Waals surface area contributed by atoms with Gasteiger partial charge in [0.1, 0.15) is 0 Å². The molecule has 1 aliphatic carbocycles. The molecule has 3 aliphatic rings. The van der Waals surface area contributed by atoms with Gasteiger partial charge < -0.3 is 9.47 Å². The summed E-state index contributed by atoms with van der Waals surface area (Å²) in [4.78, 5) is 2.66. The van der Waals surface area contributed by atoms with E-state index in [2.05, 4.69) is 42.2 Å². The van der Waals surface area contributed by atoms with Gasteiger partial charge in [-0.05, 0) is 54.1 Å². The van der Waals surface area contributed by atoms with Crippen LogP contribution < -0.4 is 9.47 Å². The molecular weight excluding hydrogens is 286 g/mol. The summed E-state index contributed by atoms with van der Waals surface area (Å²) in [5.74, 6) is 1.89. The molecule has 2 aliphatic heterocycles. The number of rotatable bonds is 2. The molecule has 3 nitrogen and oxygen atoms in total. The van der Waals surface area contributed by atoms with Gasteiger partial charge in [-0.25, -0.2) is 0 Å². The zero-order valence-corrected chi connectivity index (χ0v) is 13.5. The Morgan fingerprint density at radius 3 is 3.00 bits per heavy atom. The van der Waals surface area contributed by atoms with Crippen LogP contribution in [0.3, 0.4) is 0 Å². The Morgan fingerprint density at radius 2 is 2.09 bits per heavy atom. The number of hydrogen-bond donors (Lipinski definition) is 0. The Hall–Kier alpha value is -2.00. The van der Waals surface area contributed by atoms with Crippen LogP contribution in [0.4, 0.5) is 0 Å². The van der Waals surface area contributed by atoms with E-state index in [0.717, 1.165) is 30.9 Å². The van der Waals surface area contributed by atoms with Crippen molar-refractivity contribution < 1.29 is 9.47 Å². The maximum atomic E-state index is 5.88. The summed E-state index contributed by atoms with van der Waals surface area (Å²) in [6, 6.07) is 11.5. The molecule has 0 spiro atoms. The first-order valence-corrected chi connectivity index (χ1v) is 8.64. The van der Waals surface area contributed by atoms with E-state index >= 15 is 0 Å². The van der Waals surface area contributed by atoms with Gasteiger partial charge in [-0.1, -0.05) is 31.2 Å². The van der Waals surface area contributed by atoms with Crippen molar-refractivity contribution >= 4 is 0 Å². The highest BCUT2D eigenvalue weighted by molar-refractivity contribution is 5.83. The second-order valence-corrected chi connectivity index (χ2v) is 6.72. The Labute approximate surface area is 136 Å². The van der Waals surface area contributed by atoms with Crippen LogP contribution in [0.25, 0.3) is 11.1 Å². The van der Waals surface area contributed by atoms with Crippen molar-refractivity contribution in [3.63, 3.8) is 0 Å².